The molecule has 1 aromatic heterocycles. The van der Waals surface area contributed by atoms with Crippen LogP contribution < -0.4 is 11.1 Å². The molecule has 0 saturated carbocycles. The zero-order chi connectivity index (χ0) is 14.6. The van der Waals surface area contributed by atoms with Gasteiger partial charge in [-0.15, -0.1) is 0 Å². The molecule has 0 unspecified atom stereocenters. The topological polar surface area (TPSA) is 73.1 Å². The van der Waals surface area contributed by atoms with Gasteiger partial charge >= 0.3 is 0 Å². The SMILES string of the molecule is COCC(C)(C)Nc1cc(N)nc(-c2ccccc2)n1. The van der Waals surface area contributed by atoms with Gasteiger partial charge in [-0.1, -0.05) is 30.3 Å². The Bertz CT molecular complexity index is 569. The largest absolute Gasteiger partial charge is 0.384 e. The number of rotatable bonds is 5. The van der Waals surface area contributed by atoms with Gasteiger partial charge < -0.3 is 15.8 Å². The molecule has 0 atom stereocenters. The average Bonchev–Trinajstić information content (AvgIpc) is 2.38. The number of nitrogens with two attached hydrogens (primary N) is 1. The van der Waals surface area contributed by atoms with Crippen LogP contribution in [-0.4, -0.2) is 29.2 Å². The Hall–Kier alpha value is -2.14. The molecule has 1 heterocycles. The van der Waals surface area contributed by atoms with Crippen LogP contribution in [0.5, 0.6) is 0 Å². The van der Waals surface area contributed by atoms with Crippen LogP contribution in [0.1, 0.15) is 13.8 Å². The number of nitrogens with one attached hydrogen (secondary N) is 1. The predicted molar refractivity (Wildman–Crippen MR) is 81.5 cm³/mol. The summed E-state index contributed by atoms with van der Waals surface area (Å²) in [5.41, 5.74) is 6.57. The van der Waals surface area contributed by atoms with E-state index in [1.807, 2.05) is 44.2 Å². The van der Waals surface area contributed by atoms with Crippen molar-refractivity contribution in [1.29, 1.82) is 0 Å². The Balaban J connectivity index is 2.30. The molecule has 0 bridgehead atoms. The Morgan fingerprint density at radius 2 is 1.90 bits per heavy atom. The lowest BCUT2D eigenvalue weighted by Crippen LogP contribution is -2.36. The maximum absolute atomic E-state index is 5.87. The van der Waals surface area contributed by atoms with Crippen LogP contribution in [0.2, 0.25) is 0 Å². The van der Waals surface area contributed by atoms with Gasteiger partial charge in [-0.3, -0.25) is 0 Å². The fourth-order valence-corrected chi connectivity index (χ4v) is 1.99. The van der Waals surface area contributed by atoms with Gasteiger partial charge in [0.2, 0.25) is 0 Å². The first kappa shape index (κ1) is 14.3. The molecular formula is C15H20N4O. The van der Waals surface area contributed by atoms with Crippen molar-refractivity contribution < 1.29 is 4.74 Å². The highest BCUT2D eigenvalue weighted by atomic mass is 16.5. The second-order valence-electron chi connectivity index (χ2n) is 5.31. The fraction of sp³-hybridized carbons (Fsp3) is 0.333. The minimum absolute atomic E-state index is 0.233. The Labute approximate surface area is 119 Å². The van der Waals surface area contributed by atoms with E-state index in [9.17, 15) is 0 Å². The van der Waals surface area contributed by atoms with E-state index in [0.717, 1.165) is 5.56 Å². The summed E-state index contributed by atoms with van der Waals surface area (Å²) < 4.78 is 5.19. The molecule has 3 N–H and O–H groups in total. The molecular weight excluding hydrogens is 252 g/mol. The highest BCUT2D eigenvalue weighted by Crippen LogP contribution is 2.21. The van der Waals surface area contributed by atoms with E-state index >= 15 is 0 Å². The van der Waals surface area contributed by atoms with Crippen molar-refractivity contribution in [3.05, 3.63) is 36.4 Å². The maximum atomic E-state index is 5.87. The van der Waals surface area contributed by atoms with Gasteiger partial charge in [0.05, 0.1) is 12.1 Å². The molecule has 106 valence electrons. The number of benzene rings is 1. The summed E-state index contributed by atoms with van der Waals surface area (Å²) in [6, 6.07) is 11.5. The average molecular weight is 272 g/mol. The molecule has 0 saturated heterocycles. The van der Waals surface area contributed by atoms with E-state index in [1.54, 1.807) is 13.2 Å². The third-order valence-electron chi connectivity index (χ3n) is 2.75. The van der Waals surface area contributed by atoms with Crippen molar-refractivity contribution in [3.8, 4) is 11.4 Å². The quantitative estimate of drug-likeness (QED) is 0.875. The van der Waals surface area contributed by atoms with Gasteiger partial charge in [0, 0.05) is 18.7 Å². The van der Waals surface area contributed by atoms with Crippen LogP contribution in [-0.2, 0) is 4.74 Å². The lowest BCUT2D eigenvalue weighted by atomic mass is 10.1. The van der Waals surface area contributed by atoms with Crippen LogP contribution in [0.4, 0.5) is 11.6 Å². The molecule has 2 rings (SSSR count). The fourth-order valence-electron chi connectivity index (χ4n) is 1.99. The molecule has 1 aromatic carbocycles. The third-order valence-corrected chi connectivity index (χ3v) is 2.75. The predicted octanol–water partition coefficient (Wildman–Crippen LogP) is 2.56. The van der Waals surface area contributed by atoms with E-state index < -0.39 is 0 Å². The number of methoxy groups -OCH3 is 1. The van der Waals surface area contributed by atoms with Crippen molar-refractivity contribution in [2.75, 3.05) is 24.8 Å². The van der Waals surface area contributed by atoms with Crippen molar-refractivity contribution in [2.24, 2.45) is 0 Å². The number of hydrogen-bond donors (Lipinski definition) is 2. The van der Waals surface area contributed by atoms with Crippen LogP contribution >= 0.6 is 0 Å². The van der Waals surface area contributed by atoms with Gasteiger partial charge in [-0.25, -0.2) is 9.97 Å². The molecule has 0 fully saturated rings. The van der Waals surface area contributed by atoms with Crippen molar-refractivity contribution in [1.82, 2.24) is 9.97 Å². The summed E-state index contributed by atoms with van der Waals surface area (Å²) >= 11 is 0. The Morgan fingerprint density at radius 3 is 2.55 bits per heavy atom. The minimum atomic E-state index is -0.233. The summed E-state index contributed by atoms with van der Waals surface area (Å²) in [4.78, 5) is 8.79. The van der Waals surface area contributed by atoms with E-state index in [4.69, 9.17) is 10.5 Å². The van der Waals surface area contributed by atoms with E-state index in [1.165, 1.54) is 0 Å². The van der Waals surface area contributed by atoms with Gasteiger partial charge in [-0.2, -0.15) is 0 Å². The third kappa shape index (κ3) is 3.68. The molecule has 0 aliphatic heterocycles. The summed E-state index contributed by atoms with van der Waals surface area (Å²) in [6.07, 6.45) is 0. The number of anilines is 2. The van der Waals surface area contributed by atoms with Gasteiger partial charge in [0.25, 0.3) is 0 Å². The molecule has 2 aromatic rings. The summed E-state index contributed by atoms with van der Waals surface area (Å²) in [6.45, 7) is 4.64. The van der Waals surface area contributed by atoms with E-state index in [2.05, 4.69) is 15.3 Å². The van der Waals surface area contributed by atoms with Crippen molar-refractivity contribution >= 4 is 11.6 Å². The molecule has 5 nitrogen and oxygen atoms in total. The normalized spacial score (nSPS) is 11.3. The molecule has 20 heavy (non-hydrogen) atoms. The molecule has 5 heteroatoms. The van der Waals surface area contributed by atoms with Crippen LogP contribution in [0.3, 0.4) is 0 Å². The highest BCUT2D eigenvalue weighted by Gasteiger charge is 2.18. The lowest BCUT2D eigenvalue weighted by Gasteiger charge is -2.26. The highest BCUT2D eigenvalue weighted by molar-refractivity contribution is 5.60. The summed E-state index contributed by atoms with van der Waals surface area (Å²) in [5, 5.41) is 3.31. The smallest absolute Gasteiger partial charge is 0.163 e. The van der Waals surface area contributed by atoms with Crippen LogP contribution in [0, 0.1) is 0 Å². The maximum Gasteiger partial charge on any atom is 0.163 e. The number of aromatic nitrogens is 2. The number of nitrogens with zero attached hydrogens (tertiary/aromatic N) is 2. The lowest BCUT2D eigenvalue weighted by molar-refractivity contribution is 0.158. The zero-order valence-corrected chi connectivity index (χ0v) is 12.1. The number of nitrogen functional groups attached to an aromatic ring is 1. The molecule has 0 spiro atoms. The van der Waals surface area contributed by atoms with Crippen LogP contribution in [0.15, 0.2) is 36.4 Å². The van der Waals surface area contributed by atoms with Crippen LogP contribution in [0.25, 0.3) is 11.4 Å². The first-order valence-corrected chi connectivity index (χ1v) is 6.47. The molecule has 0 aliphatic carbocycles. The monoisotopic (exact) mass is 272 g/mol. The zero-order valence-electron chi connectivity index (χ0n) is 12.1. The molecule has 0 amide bonds. The van der Waals surface area contributed by atoms with Crippen molar-refractivity contribution in [3.63, 3.8) is 0 Å². The van der Waals surface area contributed by atoms with E-state index in [0.29, 0.717) is 24.1 Å². The molecule has 0 aliphatic rings. The van der Waals surface area contributed by atoms with Crippen molar-refractivity contribution in [2.45, 2.75) is 19.4 Å². The first-order valence-electron chi connectivity index (χ1n) is 6.47. The standard InChI is InChI=1S/C15H20N4O/c1-15(2,10-20-3)19-13-9-12(16)17-14(18-13)11-7-5-4-6-8-11/h4-9H,10H2,1-3H3,(H3,16,17,18,19). The molecule has 0 radical (unpaired) electrons. The first-order chi connectivity index (χ1) is 9.50. The second-order valence-corrected chi connectivity index (χ2v) is 5.31. The summed E-state index contributed by atoms with van der Waals surface area (Å²) in [5.74, 6) is 1.74. The van der Waals surface area contributed by atoms with Gasteiger partial charge in [0.15, 0.2) is 5.82 Å². The van der Waals surface area contributed by atoms with Gasteiger partial charge in [-0.05, 0) is 13.8 Å². The van der Waals surface area contributed by atoms with Gasteiger partial charge in [0.1, 0.15) is 11.6 Å². The summed E-state index contributed by atoms with van der Waals surface area (Å²) in [7, 11) is 1.67. The number of ether oxygens (including phenoxy) is 1. The number of hydrogen-bond acceptors (Lipinski definition) is 5. The van der Waals surface area contributed by atoms with E-state index in [-0.39, 0.29) is 5.54 Å². The minimum Gasteiger partial charge on any atom is -0.384 e. The Morgan fingerprint density at radius 1 is 1.20 bits per heavy atom. The Kier molecular flexibility index (Phi) is 4.20. The second kappa shape index (κ2) is 5.88.